The monoisotopic (exact) mass is 114 g/mol. The highest BCUT2D eigenvalue weighted by Gasteiger charge is 1.94. The Labute approximate surface area is 51.1 Å². The van der Waals surface area contributed by atoms with E-state index in [1.165, 1.54) is 6.42 Å². The molecule has 0 saturated heterocycles. The molecule has 0 bridgehead atoms. The van der Waals surface area contributed by atoms with E-state index >= 15 is 0 Å². The number of rotatable bonds is 4. The van der Waals surface area contributed by atoms with Crippen molar-refractivity contribution in [1.82, 2.24) is 0 Å². The lowest BCUT2D eigenvalue weighted by atomic mass is 10.0. The predicted octanol–water partition coefficient (Wildman–Crippen LogP) is 2.01. The van der Waals surface area contributed by atoms with Crippen LogP contribution >= 0.6 is 0 Å². The average Bonchev–Trinajstić information content (AvgIpc) is 1.83. The van der Waals surface area contributed by atoms with Crippen LogP contribution in [0, 0.1) is 5.92 Å². The van der Waals surface area contributed by atoms with Crippen LogP contribution in [0.4, 0.5) is 0 Å². The van der Waals surface area contributed by atoms with Gasteiger partial charge in [-0.1, -0.05) is 20.3 Å². The summed E-state index contributed by atoms with van der Waals surface area (Å²) in [6, 6.07) is 0. The van der Waals surface area contributed by atoms with Crippen molar-refractivity contribution in [3.8, 4) is 0 Å². The SMILES string of the molecule is CC[C@H](C)CCC=O. The van der Waals surface area contributed by atoms with Gasteiger partial charge in [0.05, 0.1) is 0 Å². The smallest absolute Gasteiger partial charge is 0.120 e. The van der Waals surface area contributed by atoms with E-state index < -0.39 is 0 Å². The molecule has 0 radical (unpaired) electrons. The zero-order chi connectivity index (χ0) is 6.41. The number of carbonyl (C=O) groups is 1. The molecule has 0 rings (SSSR count). The van der Waals surface area contributed by atoms with E-state index in [2.05, 4.69) is 13.8 Å². The fourth-order valence-corrected chi connectivity index (χ4v) is 0.557. The van der Waals surface area contributed by atoms with Gasteiger partial charge >= 0.3 is 0 Å². The van der Waals surface area contributed by atoms with Crippen LogP contribution in [0.15, 0.2) is 0 Å². The van der Waals surface area contributed by atoms with Gasteiger partial charge in [-0.2, -0.15) is 0 Å². The minimum absolute atomic E-state index is 0.722. The van der Waals surface area contributed by atoms with E-state index in [1.807, 2.05) is 0 Å². The van der Waals surface area contributed by atoms with Crippen LogP contribution in [0.2, 0.25) is 0 Å². The first kappa shape index (κ1) is 7.67. The lowest BCUT2D eigenvalue weighted by molar-refractivity contribution is -0.108. The van der Waals surface area contributed by atoms with Crippen LogP contribution < -0.4 is 0 Å². The van der Waals surface area contributed by atoms with Gasteiger partial charge in [0.2, 0.25) is 0 Å². The molecule has 1 heteroatoms. The summed E-state index contributed by atoms with van der Waals surface area (Å²) in [6.45, 7) is 4.32. The van der Waals surface area contributed by atoms with Gasteiger partial charge in [0, 0.05) is 6.42 Å². The van der Waals surface area contributed by atoms with Crippen molar-refractivity contribution >= 4 is 6.29 Å². The molecule has 0 aromatic carbocycles. The second-order valence-corrected chi connectivity index (χ2v) is 2.26. The van der Waals surface area contributed by atoms with Crippen molar-refractivity contribution in [2.75, 3.05) is 0 Å². The third-order valence-corrected chi connectivity index (χ3v) is 1.47. The van der Waals surface area contributed by atoms with E-state index in [4.69, 9.17) is 0 Å². The zero-order valence-electron chi connectivity index (χ0n) is 5.68. The Kier molecular flexibility index (Phi) is 4.62. The predicted molar refractivity (Wildman–Crippen MR) is 34.8 cm³/mol. The molecule has 0 fully saturated rings. The highest BCUT2D eigenvalue weighted by Crippen LogP contribution is 2.06. The zero-order valence-corrected chi connectivity index (χ0v) is 5.68. The summed E-state index contributed by atoms with van der Waals surface area (Å²) in [5, 5.41) is 0. The minimum atomic E-state index is 0.722. The van der Waals surface area contributed by atoms with Gasteiger partial charge in [-0.15, -0.1) is 0 Å². The highest BCUT2D eigenvalue weighted by atomic mass is 16.1. The molecule has 0 aliphatic rings. The Morgan fingerprint density at radius 1 is 1.62 bits per heavy atom. The molecule has 0 spiro atoms. The molecule has 0 aromatic heterocycles. The molecule has 0 heterocycles. The fraction of sp³-hybridized carbons (Fsp3) is 0.857. The summed E-state index contributed by atoms with van der Waals surface area (Å²) < 4.78 is 0. The van der Waals surface area contributed by atoms with Crippen molar-refractivity contribution in [2.24, 2.45) is 5.92 Å². The molecule has 1 nitrogen and oxygen atoms in total. The second kappa shape index (κ2) is 4.82. The molecule has 8 heavy (non-hydrogen) atoms. The molecule has 0 aliphatic heterocycles. The molecule has 0 saturated carbocycles. The van der Waals surface area contributed by atoms with Crippen molar-refractivity contribution < 1.29 is 4.79 Å². The van der Waals surface area contributed by atoms with Crippen molar-refractivity contribution in [3.63, 3.8) is 0 Å². The van der Waals surface area contributed by atoms with Gasteiger partial charge in [-0.25, -0.2) is 0 Å². The van der Waals surface area contributed by atoms with Gasteiger partial charge in [0.15, 0.2) is 0 Å². The molecular formula is C7H14O. The van der Waals surface area contributed by atoms with Gasteiger partial charge < -0.3 is 4.79 Å². The topological polar surface area (TPSA) is 17.1 Å². The maximum atomic E-state index is 9.83. The van der Waals surface area contributed by atoms with E-state index in [0.29, 0.717) is 0 Å². The number of hydrogen-bond donors (Lipinski definition) is 0. The summed E-state index contributed by atoms with van der Waals surface area (Å²) >= 11 is 0. The molecule has 0 N–H and O–H groups in total. The van der Waals surface area contributed by atoms with Crippen molar-refractivity contribution in [1.29, 1.82) is 0 Å². The Balaban J connectivity index is 2.97. The fourth-order valence-electron chi connectivity index (χ4n) is 0.557. The second-order valence-electron chi connectivity index (χ2n) is 2.26. The quantitative estimate of drug-likeness (QED) is 0.511. The first-order chi connectivity index (χ1) is 3.81. The van der Waals surface area contributed by atoms with Crippen molar-refractivity contribution in [3.05, 3.63) is 0 Å². The largest absolute Gasteiger partial charge is 0.303 e. The summed E-state index contributed by atoms with van der Waals surface area (Å²) in [4.78, 5) is 9.83. The molecule has 48 valence electrons. The Morgan fingerprint density at radius 3 is 2.62 bits per heavy atom. The van der Waals surface area contributed by atoms with E-state index in [0.717, 1.165) is 25.0 Å². The van der Waals surface area contributed by atoms with Gasteiger partial charge in [0.25, 0.3) is 0 Å². The van der Waals surface area contributed by atoms with Crippen LogP contribution in [0.5, 0.6) is 0 Å². The molecule has 0 aromatic rings. The van der Waals surface area contributed by atoms with E-state index in [1.54, 1.807) is 0 Å². The summed E-state index contributed by atoms with van der Waals surface area (Å²) in [5.74, 6) is 0.722. The standard InChI is InChI=1S/C7H14O/c1-3-7(2)5-4-6-8/h6-7H,3-5H2,1-2H3/t7-/m0/s1. The number of hydrogen-bond acceptors (Lipinski definition) is 1. The summed E-state index contributed by atoms with van der Waals surface area (Å²) in [7, 11) is 0. The molecule has 1 atom stereocenters. The van der Waals surface area contributed by atoms with Crippen LogP contribution in [0.1, 0.15) is 33.1 Å². The number of aldehydes is 1. The lowest BCUT2D eigenvalue weighted by Gasteiger charge is -2.02. The van der Waals surface area contributed by atoms with Crippen LogP contribution in [0.25, 0.3) is 0 Å². The van der Waals surface area contributed by atoms with E-state index in [9.17, 15) is 4.79 Å². The van der Waals surface area contributed by atoms with Gasteiger partial charge in [0.1, 0.15) is 6.29 Å². The van der Waals surface area contributed by atoms with Gasteiger partial charge in [-0.05, 0) is 12.3 Å². The lowest BCUT2D eigenvalue weighted by Crippen LogP contribution is -1.91. The maximum absolute atomic E-state index is 9.83. The third kappa shape index (κ3) is 3.85. The molecule has 0 unspecified atom stereocenters. The molecular weight excluding hydrogens is 100 g/mol. The number of carbonyl (C=O) groups excluding carboxylic acids is 1. The van der Waals surface area contributed by atoms with Crippen molar-refractivity contribution in [2.45, 2.75) is 33.1 Å². The van der Waals surface area contributed by atoms with Crippen LogP contribution in [-0.4, -0.2) is 6.29 Å². The Bertz CT molecular complexity index is 59.4. The van der Waals surface area contributed by atoms with Gasteiger partial charge in [-0.3, -0.25) is 0 Å². The van der Waals surface area contributed by atoms with Crippen LogP contribution in [-0.2, 0) is 4.79 Å². The summed E-state index contributed by atoms with van der Waals surface area (Å²) in [5.41, 5.74) is 0. The minimum Gasteiger partial charge on any atom is -0.303 e. The maximum Gasteiger partial charge on any atom is 0.120 e. The first-order valence-corrected chi connectivity index (χ1v) is 3.24. The Morgan fingerprint density at radius 2 is 2.25 bits per heavy atom. The summed E-state index contributed by atoms with van der Waals surface area (Å²) in [6.07, 6.45) is 3.97. The molecule has 0 aliphatic carbocycles. The highest BCUT2D eigenvalue weighted by molar-refractivity contribution is 5.49. The Hall–Kier alpha value is -0.330. The first-order valence-electron chi connectivity index (χ1n) is 3.24. The average molecular weight is 114 g/mol. The normalized spacial score (nSPS) is 13.2. The third-order valence-electron chi connectivity index (χ3n) is 1.47. The van der Waals surface area contributed by atoms with E-state index in [-0.39, 0.29) is 0 Å². The molecule has 0 amide bonds. The van der Waals surface area contributed by atoms with Crippen LogP contribution in [0.3, 0.4) is 0 Å².